The summed E-state index contributed by atoms with van der Waals surface area (Å²) in [7, 11) is -3.79. The lowest BCUT2D eigenvalue weighted by atomic mass is 10.1. The van der Waals surface area contributed by atoms with Crippen molar-refractivity contribution in [2.24, 2.45) is 5.92 Å². The first-order valence-electron chi connectivity index (χ1n) is 6.74. The highest BCUT2D eigenvalue weighted by Crippen LogP contribution is 2.15. The number of hydrogen-bond acceptors (Lipinski definition) is 5. The van der Waals surface area contributed by atoms with Crippen LogP contribution < -0.4 is 4.72 Å². The number of aryl methyl sites for hydroxylation is 1. The zero-order chi connectivity index (χ0) is 16.3. The maximum absolute atomic E-state index is 12.0. The molecule has 1 saturated heterocycles. The van der Waals surface area contributed by atoms with Gasteiger partial charge >= 0.3 is 5.97 Å². The molecule has 1 aliphatic rings. The minimum atomic E-state index is -3.79. The van der Waals surface area contributed by atoms with Crippen molar-refractivity contribution in [1.82, 2.24) is 4.72 Å². The number of aromatic carboxylic acids is 1. The van der Waals surface area contributed by atoms with Crippen molar-refractivity contribution in [1.29, 1.82) is 0 Å². The first-order chi connectivity index (χ1) is 10.3. The number of carbonyl (C=O) groups is 2. The largest absolute Gasteiger partial charge is 0.478 e. The lowest BCUT2D eigenvalue weighted by molar-refractivity contribution is 0.0696. The van der Waals surface area contributed by atoms with E-state index in [2.05, 4.69) is 0 Å². The van der Waals surface area contributed by atoms with Crippen molar-refractivity contribution in [3.8, 4) is 0 Å². The summed E-state index contributed by atoms with van der Waals surface area (Å²) in [6.07, 6.45) is 0.642. The summed E-state index contributed by atoms with van der Waals surface area (Å²) in [6.45, 7) is 2.52. The molecule has 1 heterocycles. The second-order valence-corrected chi connectivity index (χ2v) is 7.10. The van der Waals surface area contributed by atoms with Gasteiger partial charge in [0.05, 0.1) is 17.9 Å². The normalized spacial score (nSPS) is 18.1. The van der Waals surface area contributed by atoms with Gasteiger partial charge in [0, 0.05) is 18.1 Å². The second-order valence-electron chi connectivity index (χ2n) is 5.34. The fraction of sp³-hybridized carbons (Fsp3) is 0.429. The Balaban J connectivity index is 2.12. The van der Waals surface area contributed by atoms with Crippen molar-refractivity contribution in [3.05, 3.63) is 34.9 Å². The molecule has 22 heavy (non-hydrogen) atoms. The smallest absolute Gasteiger partial charge is 0.335 e. The average molecular weight is 327 g/mol. The predicted octanol–water partition coefficient (Wildman–Crippen LogP) is 0.789. The summed E-state index contributed by atoms with van der Waals surface area (Å²) in [5.41, 5.74) is 0.502. The fourth-order valence-electron chi connectivity index (χ4n) is 2.30. The van der Waals surface area contributed by atoms with Crippen LogP contribution in [-0.4, -0.2) is 44.4 Å². The van der Waals surface area contributed by atoms with E-state index in [4.69, 9.17) is 9.84 Å². The molecular formula is C14H17NO6S. The Morgan fingerprint density at radius 1 is 1.32 bits per heavy atom. The molecule has 0 radical (unpaired) electrons. The van der Waals surface area contributed by atoms with Crippen LogP contribution in [0.1, 0.15) is 32.7 Å². The van der Waals surface area contributed by atoms with E-state index >= 15 is 0 Å². The number of carbonyl (C=O) groups excluding carboxylic acids is 1. The summed E-state index contributed by atoms with van der Waals surface area (Å²) in [5, 5.41) is 8.97. The lowest BCUT2D eigenvalue weighted by Gasteiger charge is -2.11. The molecule has 2 N–H and O–H groups in total. The lowest BCUT2D eigenvalue weighted by Crippen LogP contribution is -2.35. The Morgan fingerprint density at radius 3 is 2.59 bits per heavy atom. The highest BCUT2D eigenvalue weighted by atomic mass is 32.2. The van der Waals surface area contributed by atoms with Gasteiger partial charge in [0.2, 0.25) is 10.0 Å². The molecular weight excluding hydrogens is 310 g/mol. The molecule has 120 valence electrons. The molecule has 0 saturated carbocycles. The highest BCUT2D eigenvalue weighted by molar-refractivity contribution is 7.90. The quantitative estimate of drug-likeness (QED) is 0.827. The van der Waals surface area contributed by atoms with Crippen LogP contribution in [0.15, 0.2) is 18.2 Å². The minimum absolute atomic E-state index is 0.00338. The van der Waals surface area contributed by atoms with Gasteiger partial charge in [-0.2, -0.15) is 0 Å². The minimum Gasteiger partial charge on any atom is -0.478 e. The Bertz CT molecular complexity index is 691. The van der Waals surface area contributed by atoms with Crippen molar-refractivity contribution in [2.75, 3.05) is 19.0 Å². The Labute approximate surface area is 128 Å². The summed E-state index contributed by atoms with van der Waals surface area (Å²) in [6, 6.07) is 4.00. The van der Waals surface area contributed by atoms with Gasteiger partial charge in [-0.25, -0.2) is 17.9 Å². The summed E-state index contributed by atoms with van der Waals surface area (Å²) in [5.74, 6) is -2.32. The van der Waals surface area contributed by atoms with Crippen molar-refractivity contribution < 1.29 is 27.9 Å². The summed E-state index contributed by atoms with van der Waals surface area (Å²) < 4.78 is 31.0. The second kappa shape index (κ2) is 6.45. The molecule has 0 spiro atoms. The van der Waals surface area contributed by atoms with Gasteiger partial charge in [0.25, 0.3) is 5.91 Å². The van der Waals surface area contributed by atoms with Gasteiger partial charge in [-0.1, -0.05) is 0 Å². The number of rotatable bonds is 5. The zero-order valence-electron chi connectivity index (χ0n) is 12.0. The van der Waals surface area contributed by atoms with E-state index in [0.717, 1.165) is 6.07 Å². The van der Waals surface area contributed by atoms with E-state index in [1.165, 1.54) is 12.1 Å². The van der Waals surface area contributed by atoms with E-state index in [1.807, 2.05) is 4.72 Å². The van der Waals surface area contributed by atoms with E-state index in [9.17, 15) is 18.0 Å². The van der Waals surface area contributed by atoms with Crippen LogP contribution in [0.3, 0.4) is 0 Å². The van der Waals surface area contributed by atoms with E-state index in [0.29, 0.717) is 25.2 Å². The van der Waals surface area contributed by atoms with Gasteiger partial charge in [-0.15, -0.1) is 0 Å². The van der Waals surface area contributed by atoms with E-state index in [-0.39, 0.29) is 22.8 Å². The molecule has 0 aliphatic carbocycles. The molecule has 1 atom stereocenters. The van der Waals surface area contributed by atoms with Crippen molar-refractivity contribution >= 4 is 21.9 Å². The third kappa shape index (κ3) is 4.28. The van der Waals surface area contributed by atoms with E-state index < -0.39 is 21.9 Å². The molecule has 0 aromatic heterocycles. The van der Waals surface area contributed by atoms with Gasteiger partial charge in [-0.3, -0.25) is 4.79 Å². The van der Waals surface area contributed by atoms with Crippen LogP contribution in [0, 0.1) is 12.8 Å². The monoisotopic (exact) mass is 327 g/mol. The number of ether oxygens (including phenoxy) is 1. The third-order valence-corrected chi connectivity index (χ3v) is 4.72. The highest BCUT2D eigenvalue weighted by Gasteiger charge is 2.25. The Kier molecular flexibility index (Phi) is 4.82. The standard InChI is InChI=1S/C14H17NO6S/c1-9-4-11(6-12(5-9)14(17)18)13(16)15-22(19,20)8-10-2-3-21-7-10/h4-6,10H,2-3,7-8H2,1H3,(H,15,16)(H,17,18). The predicted molar refractivity (Wildman–Crippen MR) is 78.3 cm³/mol. The fourth-order valence-corrected chi connectivity index (χ4v) is 3.67. The van der Waals surface area contributed by atoms with Crippen LogP contribution in [0.25, 0.3) is 0 Å². The Morgan fingerprint density at radius 2 is 2.00 bits per heavy atom. The van der Waals surface area contributed by atoms with Crippen molar-refractivity contribution in [2.45, 2.75) is 13.3 Å². The Hall–Kier alpha value is -1.93. The number of carboxylic acids is 1. The molecule has 1 unspecified atom stereocenters. The number of amides is 1. The van der Waals surface area contributed by atoms with Crippen LogP contribution >= 0.6 is 0 Å². The molecule has 8 heteroatoms. The number of sulfonamides is 1. The molecule has 7 nitrogen and oxygen atoms in total. The first-order valence-corrected chi connectivity index (χ1v) is 8.39. The van der Waals surface area contributed by atoms with Crippen molar-refractivity contribution in [3.63, 3.8) is 0 Å². The molecule has 1 aliphatic heterocycles. The number of nitrogens with one attached hydrogen (secondary N) is 1. The SMILES string of the molecule is Cc1cc(C(=O)O)cc(C(=O)NS(=O)(=O)CC2CCOC2)c1. The summed E-state index contributed by atoms with van der Waals surface area (Å²) >= 11 is 0. The first kappa shape index (κ1) is 16.4. The number of benzene rings is 1. The third-order valence-electron chi connectivity index (χ3n) is 3.31. The van der Waals surface area contributed by atoms with Crippen LogP contribution in [0.4, 0.5) is 0 Å². The van der Waals surface area contributed by atoms with Gasteiger partial charge < -0.3 is 9.84 Å². The number of hydrogen-bond donors (Lipinski definition) is 2. The van der Waals surface area contributed by atoms with Gasteiger partial charge in [-0.05, 0) is 37.1 Å². The average Bonchev–Trinajstić information content (AvgIpc) is 2.89. The molecule has 1 aromatic rings. The maximum Gasteiger partial charge on any atom is 0.335 e. The van der Waals surface area contributed by atoms with Gasteiger partial charge in [0.15, 0.2) is 0 Å². The van der Waals surface area contributed by atoms with Gasteiger partial charge in [0.1, 0.15) is 0 Å². The molecule has 1 fully saturated rings. The maximum atomic E-state index is 12.0. The van der Waals surface area contributed by atoms with Crippen LogP contribution in [0.5, 0.6) is 0 Å². The topological polar surface area (TPSA) is 110 Å². The zero-order valence-corrected chi connectivity index (χ0v) is 12.9. The van der Waals surface area contributed by atoms with Crippen LogP contribution in [0.2, 0.25) is 0 Å². The molecule has 1 amide bonds. The molecule has 0 bridgehead atoms. The molecule has 1 aromatic carbocycles. The summed E-state index contributed by atoms with van der Waals surface area (Å²) in [4.78, 5) is 23.0. The molecule has 2 rings (SSSR count). The van der Waals surface area contributed by atoms with E-state index in [1.54, 1.807) is 6.92 Å². The van der Waals surface area contributed by atoms with Crippen LogP contribution in [-0.2, 0) is 14.8 Å². The number of carboxylic acid groups (broad SMARTS) is 1.